The van der Waals surface area contributed by atoms with Crippen molar-refractivity contribution in [3.8, 4) is 0 Å². The summed E-state index contributed by atoms with van der Waals surface area (Å²) in [7, 11) is 1.57. The standard InChI is InChI=1S/C12H18N2O4/c1-8(17-2)10-13-9(18-14-10)7-12(11(15)16)5-3-4-6-12/h8H,3-7H2,1-2H3,(H,15,16). The molecule has 6 heteroatoms. The molecule has 1 heterocycles. The maximum absolute atomic E-state index is 11.4. The van der Waals surface area contributed by atoms with Crippen LogP contribution in [0.15, 0.2) is 4.52 Å². The van der Waals surface area contributed by atoms with E-state index in [-0.39, 0.29) is 6.10 Å². The fraction of sp³-hybridized carbons (Fsp3) is 0.750. The Bertz CT molecular complexity index is 423. The van der Waals surface area contributed by atoms with E-state index >= 15 is 0 Å². The maximum Gasteiger partial charge on any atom is 0.310 e. The number of methoxy groups -OCH3 is 1. The normalized spacial score (nSPS) is 19.9. The van der Waals surface area contributed by atoms with Crippen LogP contribution >= 0.6 is 0 Å². The lowest BCUT2D eigenvalue weighted by Gasteiger charge is -2.21. The van der Waals surface area contributed by atoms with Crippen molar-refractivity contribution in [2.75, 3.05) is 7.11 Å². The first-order valence-electron chi connectivity index (χ1n) is 6.16. The molecular formula is C12H18N2O4. The van der Waals surface area contributed by atoms with E-state index in [2.05, 4.69) is 10.1 Å². The van der Waals surface area contributed by atoms with Crippen LogP contribution in [0.25, 0.3) is 0 Å². The van der Waals surface area contributed by atoms with Gasteiger partial charge in [0.15, 0.2) is 5.82 Å². The lowest BCUT2D eigenvalue weighted by molar-refractivity contribution is -0.148. The Morgan fingerprint density at radius 2 is 2.22 bits per heavy atom. The summed E-state index contributed by atoms with van der Waals surface area (Å²) in [6.07, 6.45) is 3.32. The van der Waals surface area contributed by atoms with Gasteiger partial charge >= 0.3 is 5.97 Å². The molecule has 0 spiro atoms. The van der Waals surface area contributed by atoms with E-state index in [4.69, 9.17) is 9.26 Å². The molecule has 1 atom stereocenters. The van der Waals surface area contributed by atoms with Gasteiger partial charge in [-0.15, -0.1) is 0 Å². The van der Waals surface area contributed by atoms with E-state index < -0.39 is 11.4 Å². The van der Waals surface area contributed by atoms with Crippen LogP contribution < -0.4 is 0 Å². The van der Waals surface area contributed by atoms with E-state index in [9.17, 15) is 9.90 Å². The summed E-state index contributed by atoms with van der Waals surface area (Å²) < 4.78 is 10.2. The van der Waals surface area contributed by atoms with Gasteiger partial charge in [0.2, 0.25) is 5.89 Å². The van der Waals surface area contributed by atoms with Crippen molar-refractivity contribution in [2.45, 2.75) is 45.1 Å². The topological polar surface area (TPSA) is 85.5 Å². The predicted octanol–water partition coefficient (Wildman–Crippen LogP) is 1.96. The minimum absolute atomic E-state index is 0.244. The van der Waals surface area contributed by atoms with Gasteiger partial charge in [-0.1, -0.05) is 18.0 Å². The second-order valence-corrected chi connectivity index (χ2v) is 4.89. The molecule has 1 N–H and O–H groups in total. The predicted molar refractivity (Wildman–Crippen MR) is 62.0 cm³/mol. The molecule has 100 valence electrons. The van der Waals surface area contributed by atoms with E-state index in [0.29, 0.717) is 31.0 Å². The fourth-order valence-corrected chi connectivity index (χ4v) is 2.42. The van der Waals surface area contributed by atoms with E-state index in [1.54, 1.807) is 7.11 Å². The highest BCUT2D eigenvalue weighted by Crippen LogP contribution is 2.41. The molecule has 1 aromatic heterocycles. The first-order valence-corrected chi connectivity index (χ1v) is 6.16. The van der Waals surface area contributed by atoms with Crippen LogP contribution in [0, 0.1) is 5.41 Å². The van der Waals surface area contributed by atoms with Gasteiger partial charge in [0, 0.05) is 13.5 Å². The van der Waals surface area contributed by atoms with Gasteiger partial charge in [-0.2, -0.15) is 4.98 Å². The molecule has 0 radical (unpaired) electrons. The van der Waals surface area contributed by atoms with E-state index in [1.807, 2.05) is 6.92 Å². The summed E-state index contributed by atoms with van der Waals surface area (Å²) in [4.78, 5) is 15.6. The number of carboxylic acids is 1. The molecule has 1 aliphatic rings. The quantitative estimate of drug-likeness (QED) is 0.864. The molecule has 0 aliphatic heterocycles. The minimum atomic E-state index is -0.764. The van der Waals surface area contributed by atoms with Crippen molar-refractivity contribution in [2.24, 2.45) is 5.41 Å². The molecule has 0 saturated heterocycles. The van der Waals surface area contributed by atoms with Gasteiger partial charge in [0.1, 0.15) is 6.10 Å². The summed E-state index contributed by atoms with van der Waals surface area (Å²) in [6.45, 7) is 1.82. The number of hydrogen-bond donors (Lipinski definition) is 1. The number of aliphatic carboxylic acids is 1. The second-order valence-electron chi connectivity index (χ2n) is 4.89. The molecule has 1 unspecified atom stereocenters. The molecule has 1 fully saturated rings. The summed E-state index contributed by atoms with van der Waals surface area (Å²) in [6, 6.07) is 0. The van der Waals surface area contributed by atoms with Gasteiger partial charge in [-0.3, -0.25) is 4.79 Å². The third-order valence-corrected chi connectivity index (χ3v) is 3.70. The fourth-order valence-electron chi connectivity index (χ4n) is 2.42. The molecular weight excluding hydrogens is 236 g/mol. The number of carbonyl (C=O) groups is 1. The highest BCUT2D eigenvalue weighted by Gasteiger charge is 2.42. The van der Waals surface area contributed by atoms with Crippen molar-refractivity contribution in [3.63, 3.8) is 0 Å². The first kappa shape index (κ1) is 13.0. The highest BCUT2D eigenvalue weighted by molar-refractivity contribution is 5.75. The minimum Gasteiger partial charge on any atom is -0.481 e. The summed E-state index contributed by atoms with van der Waals surface area (Å²) in [5.41, 5.74) is -0.722. The Labute approximate surface area is 105 Å². The van der Waals surface area contributed by atoms with E-state index in [1.165, 1.54) is 0 Å². The number of carboxylic acid groups (broad SMARTS) is 1. The Kier molecular flexibility index (Phi) is 3.65. The van der Waals surface area contributed by atoms with Crippen LogP contribution in [-0.2, 0) is 16.0 Å². The molecule has 1 aromatic rings. The van der Waals surface area contributed by atoms with Crippen molar-refractivity contribution in [1.29, 1.82) is 0 Å². The third kappa shape index (κ3) is 2.38. The second kappa shape index (κ2) is 5.06. The largest absolute Gasteiger partial charge is 0.481 e. The van der Waals surface area contributed by atoms with Crippen LogP contribution in [-0.4, -0.2) is 28.3 Å². The zero-order valence-corrected chi connectivity index (χ0v) is 10.7. The van der Waals surface area contributed by atoms with Gasteiger partial charge in [-0.25, -0.2) is 0 Å². The molecule has 2 rings (SSSR count). The van der Waals surface area contributed by atoms with Gasteiger partial charge in [0.25, 0.3) is 0 Å². The van der Waals surface area contributed by atoms with Crippen molar-refractivity contribution >= 4 is 5.97 Å². The van der Waals surface area contributed by atoms with Crippen LogP contribution in [0.5, 0.6) is 0 Å². The molecule has 6 nitrogen and oxygen atoms in total. The Morgan fingerprint density at radius 3 is 2.78 bits per heavy atom. The Hall–Kier alpha value is -1.43. The average Bonchev–Trinajstić information content (AvgIpc) is 2.98. The van der Waals surface area contributed by atoms with Crippen LogP contribution in [0.4, 0.5) is 0 Å². The summed E-state index contributed by atoms with van der Waals surface area (Å²) in [5.74, 6) is 0.0868. The monoisotopic (exact) mass is 254 g/mol. The average molecular weight is 254 g/mol. The van der Waals surface area contributed by atoms with Crippen LogP contribution in [0.1, 0.15) is 50.4 Å². The maximum atomic E-state index is 11.4. The zero-order valence-electron chi connectivity index (χ0n) is 10.7. The number of aromatic nitrogens is 2. The lowest BCUT2D eigenvalue weighted by atomic mass is 9.83. The zero-order chi connectivity index (χ0) is 13.2. The number of rotatable bonds is 5. The smallest absolute Gasteiger partial charge is 0.310 e. The van der Waals surface area contributed by atoms with E-state index in [0.717, 1.165) is 12.8 Å². The molecule has 0 aromatic carbocycles. The molecule has 1 aliphatic carbocycles. The molecule has 0 amide bonds. The summed E-state index contributed by atoms with van der Waals surface area (Å²) in [5, 5.41) is 13.2. The lowest BCUT2D eigenvalue weighted by Crippen LogP contribution is -2.30. The Morgan fingerprint density at radius 1 is 1.56 bits per heavy atom. The van der Waals surface area contributed by atoms with Gasteiger partial charge in [-0.05, 0) is 19.8 Å². The highest BCUT2D eigenvalue weighted by atomic mass is 16.5. The number of ether oxygens (including phenoxy) is 1. The number of nitrogens with zero attached hydrogens (tertiary/aromatic N) is 2. The molecule has 18 heavy (non-hydrogen) atoms. The van der Waals surface area contributed by atoms with Gasteiger partial charge in [0.05, 0.1) is 5.41 Å². The van der Waals surface area contributed by atoms with Crippen molar-refractivity contribution in [1.82, 2.24) is 10.1 Å². The summed E-state index contributed by atoms with van der Waals surface area (Å²) >= 11 is 0. The first-order chi connectivity index (χ1) is 8.57. The van der Waals surface area contributed by atoms with Crippen LogP contribution in [0.3, 0.4) is 0 Å². The van der Waals surface area contributed by atoms with Crippen molar-refractivity contribution < 1.29 is 19.2 Å². The SMILES string of the molecule is COC(C)c1noc(CC2(C(=O)O)CCCC2)n1. The van der Waals surface area contributed by atoms with Gasteiger partial charge < -0.3 is 14.4 Å². The molecule has 0 bridgehead atoms. The molecule has 1 saturated carbocycles. The third-order valence-electron chi connectivity index (χ3n) is 3.70. The Balaban J connectivity index is 2.12. The van der Waals surface area contributed by atoms with Crippen LogP contribution in [0.2, 0.25) is 0 Å². The number of hydrogen-bond acceptors (Lipinski definition) is 5. The van der Waals surface area contributed by atoms with Crippen molar-refractivity contribution in [3.05, 3.63) is 11.7 Å².